The maximum absolute atomic E-state index is 12.4. The number of nitrogens with zero attached hydrogens (tertiary/aromatic N) is 3. The number of carbonyl (C=O) groups excluding carboxylic acids is 1. The molecule has 3 aromatic rings. The Kier molecular flexibility index (Phi) is 6.36. The van der Waals surface area contributed by atoms with Crippen molar-refractivity contribution >= 4 is 23.0 Å². The van der Waals surface area contributed by atoms with E-state index in [9.17, 15) is 9.90 Å². The highest BCUT2D eigenvalue weighted by Gasteiger charge is 2.33. The predicted molar refractivity (Wildman–Crippen MR) is 139 cm³/mol. The molecule has 6 heteroatoms. The van der Waals surface area contributed by atoms with Crippen molar-refractivity contribution in [1.29, 1.82) is 5.26 Å². The van der Waals surface area contributed by atoms with Gasteiger partial charge in [0.05, 0.1) is 11.8 Å². The van der Waals surface area contributed by atoms with E-state index in [1.54, 1.807) is 6.21 Å². The first kappa shape index (κ1) is 24.0. The van der Waals surface area contributed by atoms with Gasteiger partial charge < -0.3 is 9.67 Å². The molecular formula is C29H30N4O2. The van der Waals surface area contributed by atoms with Crippen molar-refractivity contribution in [2.45, 2.75) is 41.2 Å². The fraction of sp³-hybridized carbons (Fsp3) is 0.276. The Balaban J connectivity index is 1.57. The predicted octanol–water partition coefficient (Wildman–Crippen LogP) is 5.92. The summed E-state index contributed by atoms with van der Waals surface area (Å²) in [6.07, 6.45) is 6.10. The van der Waals surface area contributed by atoms with E-state index < -0.39 is 5.91 Å². The zero-order valence-corrected chi connectivity index (χ0v) is 20.8. The fourth-order valence-electron chi connectivity index (χ4n) is 4.69. The molecule has 0 fully saturated rings. The number of hydrogen-bond acceptors (Lipinski definition) is 4. The van der Waals surface area contributed by atoms with E-state index in [2.05, 4.69) is 74.1 Å². The smallest absolute Gasteiger partial charge is 0.271 e. The summed E-state index contributed by atoms with van der Waals surface area (Å²) in [6.45, 7) is 12.1. The molecule has 2 aromatic carbocycles. The summed E-state index contributed by atoms with van der Waals surface area (Å²) in [6, 6.07) is 14.1. The number of hydrogen-bond donors (Lipinski definition) is 2. The number of phenols is 1. The summed E-state index contributed by atoms with van der Waals surface area (Å²) in [5, 5.41) is 23.9. The Morgan fingerprint density at radius 2 is 2.03 bits per heavy atom. The third-order valence-corrected chi connectivity index (χ3v) is 7.39. The Labute approximate surface area is 205 Å². The van der Waals surface area contributed by atoms with Crippen molar-refractivity contribution in [3.63, 3.8) is 0 Å². The molecule has 1 unspecified atom stereocenters. The van der Waals surface area contributed by atoms with Gasteiger partial charge >= 0.3 is 0 Å². The number of amides is 1. The van der Waals surface area contributed by atoms with Crippen LogP contribution in [0, 0.1) is 22.7 Å². The van der Waals surface area contributed by atoms with Crippen molar-refractivity contribution < 1.29 is 9.90 Å². The number of fused-ring (bicyclic) bond motifs is 1. The highest BCUT2D eigenvalue weighted by atomic mass is 16.3. The molecule has 0 saturated carbocycles. The minimum atomic E-state index is -0.456. The van der Waals surface area contributed by atoms with Crippen LogP contribution < -0.4 is 5.43 Å². The number of aromatic hydroxyl groups is 1. The fourth-order valence-corrected chi connectivity index (χ4v) is 4.69. The number of aromatic nitrogens is 1. The number of allylic oxidation sites excluding steroid dienone is 4. The molecule has 0 saturated heterocycles. The van der Waals surface area contributed by atoms with E-state index in [0.29, 0.717) is 5.92 Å². The van der Waals surface area contributed by atoms with Gasteiger partial charge in [-0.1, -0.05) is 44.6 Å². The number of nitriles is 1. The molecule has 35 heavy (non-hydrogen) atoms. The quantitative estimate of drug-likeness (QED) is 0.361. The van der Waals surface area contributed by atoms with E-state index >= 15 is 0 Å². The summed E-state index contributed by atoms with van der Waals surface area (Å²) in [4.78, 5) is 12.4. The standard InChI is InChI=1S/C29H30N4O2/c1-18-13-19(2)29(4,5)25(20(18)3)17-33-12-11-24-22(7-6-8-26(24)33)16-31-32-28(35)21-9-10-27(34)23(14-21)15-30/h6-14,16,19,34H,17H2,1-5H3,(H,32,35)/b31-16+. The molecule has 1 heterocycles. The number of hydrazone groups is 1. The minimum absolute atomic E-state index is 0.0410. The number of nitrogens with one attached hydrogen (secondary N) is 1. The molecule has 6 nitrogen and oxygen atoms in total. The van der Waals surface area contributed by atoms with Gasteiger partial charge in [0.15, 0.2) is 0 Å². The number of phenolic OH excluding ortho intramolecular Hbond substituents is 1. The van der Waals surface area contributed by atoms with Crippen LogP contribution in [0.1, 0.15) is 56.1 Å². The van der Waals surface area contributed by atoms with E-state index in [1.165, 1.54) is 34.9 Å². The maximum Gasteiger partial charge on any atom is 0.271 e. The molecule has 4 rings (SSSR count). The van der Waals surface area contributed by atoms with Crippen LogP contribution in [0.2, 0.25) is 0 Å². The zero-order chi connectivity index (χ0) is 25.3. The molecule has 1 atom stereocenters. The minimum Gasteiger partial charge on any atom is -0.507 e. The second kappa shape index (κ2) is 9.27. The molecule has 1 aliphatic rings. The topological polar surface area (TPSA) is 90.4 Å². The summed E-state index contributed by atoms with van der Waals surface area (Å²) < 4.78 is 2.27. The second-order valence-electron chi connectivity index (χ2n) is 9.73. The molecular weight excluding hydrogens is 436 g/mol. The van der Waals surface area contributed by atoms with Gasteiger partial charge in [-0.05, 0) is 66.7 Å². The van der Waals surface area contributed by atoms with Crippen LogP contribution in [0.4, 0.5) is 0 Å². The molecule has 1 aliphatic carbocycles. The van der Waals surface area contributed by atoms with Gasteiger partial charge in [0.2, 0.25) is 0 Å². The average Bonchev–Trinajstić information content (AvgIpc) is 3.25. The van der Waals surface area contributed by atoms with Gasteiger partial charge in [0, 0.05) is 34.8 Å². The largest absolute Gasteiger partial charge is 0.507 e. The van der Waals surface area contributed by atoms with Crippen LogP contribution in [-0.4, -0.2) is 21.8 Å². The lowest BCUT2D eigenvalue weighted by Gasteiger charge is -2.39. The van der Waals surface area contributed by atoms with Crippen molar-refractivity contribution in [3.8, 4) is 11.8 Å². The van der Waals surface area contributed by atoms with Crippen molar-refractivity contribution in [2.75, 3.05) is 0 Å². The average molecular weight is 467 g/mol. The maximum atomic E-state index is 12.4. The number of carbonyl (C=O) groups is 1. The SMILES string of the molecule is CC1=CC(C)C(C)(C)C(Cn2ccc3c(/C=N/NC(=O)c4ccc(O)c(C#N)c4)cccc32)=C1C. The van der Waals surface area contributed by atoms with Gasteiger partial charge in [-0.2, -0.15) is 10.4 Å². The van der Waals surface area contributed by atoms with Crippen LogP contribution >= 0.6 is 0 Å². The first-order valence-electron chi connectivity index (χ1n) is 11.7. The second-order valence-corrected chi connectivity index (χ2v) is 9.73. The van der Waals surface area contributed by atoms with Gasteiger partial charge in [0.1, 0.15) is 11.8 Å². The lowest BCUT2D eigenvalue weighted by atomic mass is 9.67. The molecule has 178 valence electrons. The van der Waals surface area contributed by atoms with E-state index in [1.807, 2.05) is 18.2 Å². The zero-order valence-electron chi connectivity index (χ0n) is 20.8. The third-order valence-electron chi connectivity index (χ3n) is 7.39. The molecule has 1 aromatic heterocycles. The lowest BCUT2D eigenvalue weighted by molar-refractivity contribution is 0.0955. The van der Waals surface area contributed by atoms with Crippen LogP contribution in [0.3, 0.4) is 0 Å². The van der Waals surface area contributed by atoms with Crippen LogP contribution in [0.5, 0.6) is 5.75 Å². The first-order valence-corrected chi connectivity index (χ1v) is 11.7. The summed E-state index contributed by atoms with van der Waals surface area (Å²) >= 11 is 0. The highest BCUT2D eigenvalue weighted by molar-refractivity contribution is 6.00. The van der Waals surface area contributed by atoms with Crippen molar-refractivity contribution in [2.24, 2.45) is 16.4 Å². The van der Waals surface area contributed by atoms with Gasteiger partial charge in [0.25, 0.3) is 5.91 Å². The summed E-state index contributed by atoms with van der Waals surface area (Å²) in [7, 11) is 0. The molecule has 1 amide bonds. The van der Waals surface area contributed by atoms with Crippen molar-refractivity contribution in [1.82, 2.24) is 9.99 Å². The first-order chi connectivity index (χ1) is 16.6. The Hall–Kier alpha value is -4.11. The lowest BCUT2D eigenvalue weighted by Crippen LogP contribution is -2.29. The van der Waals surface area contributed by atoms with Crippen LogP contribution in [0.25, 0.3) is 10.9 Å². The molecule has 0 radical (unpaired) electrons. The molecule has 0 bridgehead atoms. The van der Waals surface area contributed by atoms with E-state index in [4.69, 9.17) is 5.26 Å². The highest BCUT2D eigenvalue weighted by Crippen LogP contribution is 2.44. The van der Waals surface area contributed by atoms with E-state index in [-0.39, 0.29) is 22.3 Å². The van der Waals surface area contributed by atoms with E-state index in [0.717, 1.165) is 23.0 Å². The Morgan fingerprint density at radius 3 is 2.77 bits per heavy atom. The van der Waals surface area contributed by atoms with Gasteiger partial charge in [-0.25, -0.2) is 5.43 Å². The third kappa shape index (κ3) is 4.50. The summed E-state index contributed by atoms with van der Waals surface area (Å²) in [5.74, 6) is -0.152. The molecule has 2 N–H and O–H groups in total. The number of benzene rings is 2. The molecule has 0 aliphatic heterocycles. The summed E-state index contributed by atoms with van der Waals surface area (Å²) in [5.41, 5.74) is 9.02. The van der Waals surface area contributed by atoms with Gasteiger partial charge in [-0.15, -0.1) is 0 Å². The van der Waals surface area contributed by atoms with Crippen LogP contribution in [0.15, 0.2) is 76.6 Å². The van der Waals surface area contributed by atoms with Crippen molar-refractivity contribution in [3.05, 3.63) is 88.1 Å². The molecule has 0 spiro atoms. The normalized spacial score (nSPS) is 17.5. The monoisotopic (exact) mass is 466 g/mol. The van der Waals surface area contributed by atoms with Crippen LogP contribution in [-0.2, 0) is 6.54 Å². The van der Waals surface area contributed by atoms with Gasteiger partial charge in [-0.3, -0.25) is 4.79 Å². The Bertz CT molecular complexity index is 1450. The number of rotatable bonds is 5. The Morgan fingerprint density at radius 1 is 1.26 bits per heavy atom.